The van der Waals surface area contributed by atoms with Crippen molar-refractivity contribution in [3.63, 3.8) is 0 Å². The predicted molar refractivity (Wildman–Crippen MR) is 111 cm³/mol. The number of aryl methyl sites for hydroxylation is 1. The average molecular weight is 374 g/mol. The number of nitrogens with one attached hydrogen (secondary N) is 1. The molecule has 1 N–H and O–H groups in total. The zero-order valence-corrected chi connectivity index (χ0v) is 15.8. The number of carbonyl (C=O) groups excluding carboxylic acids is 1. The first-order valence-corrected chi connectivity index (χ1v) is 9.32. The number of rotatable bonds is 4. The Bertz CT molecular complexity index is 1010. The summed E-state index contributed by atoms with van der Waals surface area (Å²) < 4.78 is 5.42. The number of nitrogens with zero attached hydrogens (tertiary/aromatic N) is 3. The van der Waals surface area contributed by atoms with Gasteiger partial charge < -0.3 is 15.0 Å². The zero-order valence-electron chi connectivity index (χ0n) is 15.8. The Kier molecular flexibility index (Phi) is 5.30. The van der Waals surface area contributed by atoms with Gasteiger partial charge in [-0.25, -0.2) is 9.97 Å². The molecule has 1 amide bonds. The Morgan fingerprint density at radius 3 is 2.68 bits per heavy atom. The van der Waals surface area contributed by atoms with E-state index in [-0.39, 0.29) is 5.91 Å². The third-order valence-corrected chi connectivity index (χ3v) is 4.70. The molecule has 3 aromatic rings. The Labute approximate surface area is 163 Å². The highest BCUT2D eigenvalue weighted by Crippen LogP contribution is 2.26. The molecule has 0 unspecified atom stereocenters. The highest BCUT2D eigenvalue weighted by Gasteiger charge is 2.15. The molecule has 1 fully saturated rings. The van der Waals surface area contributed by atoms with Crippen molar-refractivity contribution < 1.29 is 9.53 Å². The Morgan fingerprint density at radius 2 is 1.89 bits per heavy atom. The van der Waals surface area contributed by atoms with E-state index >= 15 is 0 Å². The van der Waals surface area contributed by atoms with Crippen LogP contribution in [0.1, 0.15) is 11.1 Å². The van der Waals surface area contributed by atoms with E-state index in [2.05, 4.69) is 20.2 Å². The van der Waals surface area contributed by atoms with Gasteiger partial charge in [0.05, 0.1) is 18.7 Å². The molecule has 1 aromatic heterocycles. The minimum Gasteiger partial charge on any atom is -0.378 e. The van der Waals surface area contributed by atoms with Crippen molar-refractivity contribution in [2.24, 2.45) is 0 Å². The second-order valence-corrected chi connectivity index (χ2v) is 6.76. The molecule has 1 saturated heterocycles. The van der Waals surface area contributed by atoms with Crippen LogP contribution in [-0.4, -0.2) is 42.2 Å². The van der Waals surface area contributed by atoms with Gasteiger partial charge in [0.15, 0.2) is 0 Å². The van der Waals surface area contributed by atoms with Crippen molar-refractivity contribution in [2.45, 2.75) is 6.92 Å². The lowest BCUT2D eigenvalue weighted by molar-refractivity contribution is -0.111. The summed E-state index contributed by atoms with van der Waals surface area (Å²) >= 11 is 0. The van der Waals surface area contributed by atoms with E-state index in [1.807, 2.05) is 49.4 Å². The first-order valence-electron chi connectivity index (χ1n) is 9.32. The number of hydrogen-bond acceptors (Lipinski definition) is 5. The van der Waals surface area contributed by atoms with Crippen molar-refractivity contribution in [2.75, 3.05) is 36.5 Å². The zero-order chi connectivity index (χ0) is 19.3. The maximum Gasteiger partial charge on any atom is 0.248 e. The molecule has 0 spiro atoms. The van der Waals surface area contributed by atoms with Crippen molar-refractivity contribution in [3.8, 4) is 0 Å². The van der Waals surface area contributed by atoms with E-state index in [1.54, 1.807) is 12.4 Å². The van der Waals surface area contributed by atoms with Gasteiger partial charge in [0.2, 0.25) is 5.91 Å². The summed E-state index contributed by atoms with van der Waals surface area (Å²) in [6.45, 7) is 5.07. The van der Waals surface area contributed by atoms with Crippen LogP contribution in [0.5, 0.6) is 0 Å². The number of amides is 1. The van der Waals surface area contributed by atoms with Gasteiger partial charge in [0.1, 0.15) is 12.1 Å². The molecule has 0 atom stereocenters. The fourth-order valence-corrected chi connectivity index (χ4v) is 3.18. The van der Waals surface area contributed by atoms with Crippen molar-refractivity contribution in [1.29, 1.82) is 0 Å². The quantitative estimate of drug-likeness (QED) is 0.709. The Balaban J connectivity index is 1.50. The van der Waals surface area contributed by atoms with Gasteiger partial charge in [0, 0.05) is 30.2 Å². The minimum atomic E-state index is -0.178. The van der Waals surface area contributed by atoms with Gasteiger partial charge in [-0.3, -0.25) is 4.79 Å². The summed E-state index contributed by atoms with van der Waals surface area (Å²) in [6.07, 6.45) is 4.90. The molecule has 1 aliphatic heterocycles. The van der Waals surface area contributed by atoms with Gasteiger partial charge in [-0.15, -0.1) is 0 Å². The summed E-state index contributed by atoms with van der Waals surface area (Å²) in [5.74, 6) is 0.729. The third-order valence-electron chi connectivity index (χ3n) is 4.70. The maximum atomic E-state index is 12.3. The normalized spacial score (nSPS) is 14.5. The van der Waals surface area contributed by atoms with Crippen LogP contribution in [0.25, 0.3) is 17.0 Å². The fourth-order valence-electron chi connectivity index (χ4n) is 3.18. The maximum absolute atomic E-state index is 12.3. The number of benzene rings is 2. The van der Waals surface area contributed by atoms with Crippen LogP contribution in [-0.2, 0) is 9.53 Å². The molecule has 2 heterocycles. The second kappa shape index (κ2) is 8.19. The SMILES string of the molecule is Cc1ccc(/C=C/C(=O)Nc2ccc3c(N4CCOCC4)ncnc3c2)cc1. The number of ether oxygens (including phenoxy) is 1. The lowest BCUT2D eigenvalue weighted by atomic mass is 10.1. The standard InChI is InChI=1S/C22H22N4O2/c1-16-2-4-17(5-3-16)6-9-21(27)25-18-7-8-19-20(14-18)23-15-24-22(19)26-10-12-28-13-11-26/h2-9,14-15H,10-13H2,1H3,(H,25,27)/b9-6+. The van der Waals surface area contributed by atoms with Gasteiger partial charge >= 0.3 is 0 Å². The highest BCUT2D eigenvalue weighted by atomic mass is 16.5. The lowest BCUT2D eigenvalue weighted by Gasteiger charge is -2.28. The molecular weight excluding hydrogens is 352 g/mol. The monoisotopic (exact) mass is 374 g/mol. The molecule has 0 radical (unpaired) electrons. The number of morpholine rings is 1. The van der Waals surface area contributed by atoms with Crippen LogP contribution in [0.4, 0.5) is 11.5 Å². The second-order valence-electron chi connectivity index (χ2n) is 6.76. The number of anilines is 2. The van der Waals surface area contributed by atoms with E-state index in [0.29, 0.717) is 18.9 Å². The number of carbonyl (C=O) groups is 1. The third kappa shape index (κ3) is 4.18. The first kappa shape index (κ1) is 18.1. The average Bonchev–Trinajstić information content (AvgIpc) is 2.73. The molecule has 0 bridgehead atoms. The van der Waals surface area contributed by atoms with Crippen LogP contribution >= 0.6 is 0 Å². The predicted octanol–water partition coefficient (Wildman–Crippen LogP) is 3.43. The van der Waals surface area contributed by atoms with Crippen molar-refractivity contribution >= 4 is 34.4 Å². The number of aromatic nitrogens is 2. The molecule has 0 saturated carbocycles. The van der Waals surface area contributed by atoms with Gasteiger partial charge in [-0.05, 0) is 36.8 Å². The molecule has 142 valence electrons. The van der Waals surface area contributed by atoms with Gasteiger partial charge in [-0.1, -0.05) is 29.8 Å². The van der Waals surface area contributed by atoms with Crippen LogP contribution in [0, 0.1) is 6.92 Å². The van der Waals surface area contributed by atoms with E-state index in [0.717, 1.165) is 35.4 Å². The van der Waals surface area contributed by atoms with Crippen LogP contribution < -0.4 is 10.2 Å². The molecule has 6 heteroatoms. The summed E-state index contributed by atoms with van der Waals surface area (Å²) in [7, 11) is 0. The first-order chi connectivity index (χ1) is 13.7. The number of hydrogen-bond donors (Lipinski definition) is 1. The topological polar surface area (TPSA) is 67.4 Å². The molecule has 28 heavy (non-hydrogen) atoms. The largest absolute Gasteiger partial charge is 0.378 e. The summed E-state index contributed by atoms with van der Waals surface area (Å²) in [5, 5.41) is 3.86. The van der Waals surface area contributed by atoms with E-state index in [1.165, 1.54) is 11.6 Å². The Morgan fingerprint density at radius 1 is 1.11 bits per heavy atom. The van der Waals surface area contributed by atoms with E-state index in [4.69, 9.17) is 4.74 Å². The van der Waals surface area contributed by atoms with Gasteiger partial charge in [0.25, 0.3) is 0 Å². The molecule has 2 aromatic carbocycles. The van der Waals surface area contributed by atoms with Gasteiger partial charge in [-0.2, -0.15) is 0 Å². The summed E-state index contributed by atoms with van der Waals surface area (Å²) in [4.78, 5) is 23.3. The van der Waals surface area contributed by atoms with E-state index < -0.39 is 0 Å². The molecule has 6 nitrogen and oxygen atoms in total. The smallest absolute Gasteiger partial charge is 0.248 e. The Hall–Kier alpha value is -3.25. The van der Waals surface area contributed by atoms with Crippen molar-refractivity contribution in [3.05, 3.63) is 66.0 Å². The molecule has 4 rings (SSSR count). The van der Waals surface area contributed by atoms with Crippen LogP contribution in [0.3, 0.4) is 0 Å². The van der Waals surface area contributed by atoms with Crippen molar-refractivity contribution in [1.82, 2.24) is 9.97 Å². The highest BCUT2D eigenvalue weighted by molar-refractivity contribution is 6.03. The number of fused-ring (bicyclic) bond motifs is 1. The summed E-state index contributed by atoms with van der Waals surface area (Å²) in [6, 6.07) is 13.7. The molecular formula is C22H22N4O2. The fraction of sp³-hybridized carbons (Fsp3) is 0.227. The van der Waals surface area contributed by atoms with Crippen LogP contribution in [0.15, 0.2) is 54.9 Å². The summed E-state index contributed by atoms with van der Waals surface area (Å²) in [5.41, 5.74) is 3.69. The van der Waals surface area contributed by atoms with E-state index in [9.17, 15) is 4.79 Å². The molecule has 0 aliphatic carbocycles. The minimum absolute atomic E-state index is 0.178. The lowest BCUT2D eigenvalue weighted by Crippen LogP contribution is -2.36. The van der Waals surface area contributed by atoms with Crippen LogP contribution in [0.2, 0.25) is 0 Å². The molecule has 1 aliphatic rings.